The molecule has 1 aromatic rings. The fourth-order valence-corrected chi connectivity index (χ4v) is 3.58. The van der Waals surface area contributed by atoms with Crippen molar-refractivity contribution < 1.29 is 9.53 Å². The molecule has 0 spiro atoms. The van der Waals surface area contributed by atoms with Crippen molar-refractivity contribution in [2.45, 2.75) is 51.5 Å². The summed E-state index contributed by atoms with van der Waals surface area (Å²) in [5.41, 5.74) is 1.15. The number of aromatic nitrogens is 2. The van der Waals surface area contributed by atoms with Gasteiger partial charge < -0.3 is 9.64 Å². The Hall–Kier alpha value is -1.69. The third kappa shape index (κ3) is 4.44. The molecule has 6 heteroatoms. The summed E-state index contributed by atoms with van der Waals surface area (Å²) in [5, 5.41) is 0. The van der Waals surface area contributed by atoms with E-state index in [1.807, 2.05) is 19.3 Å². The van der Waals surface area contributed by atoms with Crippen molar-refractivity contribution in [1.29, 1.82) is 0 Å². The number of carbonyl (C=O) groups excluding carboxylic acids is 1. The minimum Gasteiger partial charge on any atom is -0.450 e. The van der Waals surface area contributed by atoms with Gasteiger partial charge in [-0.3, -0.25) is 4.90 Å². The van der Waals surface area contributed by atoms with Crippen LogP contribution in [0.4, 0.5) is 4.79 Å². The standard InChI is InChI=1S/C18H28N4O2/c1-2-24-18(23)22-10-8-21(9-11-22)14-15-12-19-17(20-13-15)16-6-4-3-5-7-16/h12-13,16H,2-11,14H2,1H3. The zero-order valence-corrected chi connectivity index (χ0v) is 14.6. The van der Waals surface area contributed by atoms with E-state index >= 15 is 0 Å². The summed E-state index contributed by atoms with van der Waals surface area (Å²) >= 11 is 0. The SMILES string of the molecule is CCOC(=O)N1CCN(Cc2cnc(C3CCCCC3)nc2)CC1. The van der Waals surface area contributed by atoms with Crippen LogP contribution in [0, 0.1) is 0 Å². The zero-order chi connectivity index (χ0) is 16.8. The number of rotatable bonds is 4. The molecule has 6 nitrogen and oxygen atoms in total. The minimum atomic E-state index is -0.197. The van der Waals surface area contributed by atoms with Crippen LogP contribution in [-0.2, 0) is 11.3 Å². The molecule has 0 bridgehead atoms. The summed E-state index contributed by atoms with van der Waals surface area (Å²) in [6.45, 7) is 6.29. The second-order valence-corrected chi connectivity index (χ2v) is 6.75. The van der Waals surface area contributed by atoms with E-state index in [-0.39, 0.29) is 6.09 Å². The molecule has 24 heavy (non-hydrogen) atoms. The van der Waals surface area contributed by atoms with Gasteiger partial charge in [-0.2, -0.15) is 0 Å². The van der Waals surface area contributed by atoms with E-state index in [0.717, 1.165) is 44.1 Å². The molecule has 0 aromatic carbocycles. The Morgan fingerprint density at radius 3 is 2.42 bits per heavy atom. The maximum atomic E-state index is 11.7. The molecule has 1 aromatic heterocycles. The Kier molecular flexibility index (Phi) is 6.01. The smallest absolute Gasteiger partial charge is 0.409 e. The maximum Gasteiger partial charge on any atom is 0.409 e. The van der Waals surface area contributed by atoms with Crippen LogP contribution in [0.5, 0.6) is 0 Å². The number of nitrogens with zero attached hydrogens (tertiary/aromatic N) is 4. The molecule has 132 valence electrons. The van der Waals surface area contributed by atoms with E-state index in [4.69, 9.17) is 4.74 Å². The second-order valence-electron chi connectivity index (χ2n) is 6.75. The largest absolute Gasteiger partial charge is 0.450 e. The second kappa shape index (κ2) is 8.42. The number of piperazine rings is 1. The van der Waals surface area contributed by atoms with Gasteiger partial charge in [-0.25, -0.2) is 14.8 Å². The average Bonchev–Trinajstić information content (AvgIpc) is 2.64. The van der Waals surface area contributed by atoms with E-state index in [9.17, 15) is 4.79 Å². The van der Waals surface area contributed by atoms with Crippen molar-refractivity contribution in [2.24, 2.45) is 0 Å². The quantitative estimate of drug-likeness (QED) is 0.848. The lowest BCUT2D eigenvalue weighted by atomic mass is 9.89. The summed E-state index contributed by atoms with van der Waals surface area (Å²) < 4.78 is 5.05. The van der Waals surface area contributed by atoms with Crippen LogP contribution in [0.15, 0.2) is 12.4 Å². The predicted molar refractivity (Wildman–Crippen MR) is 91.7 cm³/mol. The van der Waals surface area contributed by atoms with Gasteiger partial charge in [0, 0.05) is 56.6 Å². The molecule has 2 fully saturated rings. The lowest BCUT2D eigenvalue weighted by molar-refractivity contribution is 0.0778. The Labute approximate surface area is 144 Å². The summed E-state index contributed by atoms with van der Waals surface area (Å²) in [6.07, 6.45) is 10.2. The van der Waals surface area contributed by atoms with E-state index < -0.39 is 0 Å². The molecule has 0 atom stereocenters. The van der Waals surface area contributed by atoms with Gasteiger partial charge in [0.15, 0.2) is 0 Å². The Bertz CT molecular complexity index is 520. The summed E-state index contributed by atoms with van der Waals surface area (Å²) in [7, 11) is 0. The van der Waals surface area contributed by atoms with Crippen LogP contribution >= 0.6 is 0 Å². The third-order valence-electron chi connectivity index (χ3n) is 5.00. The monoisotopic (exact) mass is 332 g/mol. The van der Waals surface area contributed by atoms with Crippen LogP contribution in [-0.4, -0.2) is 58.6 Å². The first kappa shape index (κ1) is 17.1. The van der Waals surface area contributed by atoms with Crippen molar-refractivity contribution in [3.63, 3.8) is 0 Å². The minimum absolute atomic E-state index is 0.197. The Balaban J connectivity index is 1.47. The van der Waals surface area contributed by atoms with Crippen LogP contribution in [0.3, 0.4) is 0 Å². The molecule has 0 unspecified atom stereocenters. The van der Waals surface area contributed by atoms with Gasteiger partial charge in [0.1, 0.15) is 5.82 Å². The Morgan fingerprint density at radius 1 is 1.12 bits per heavy atom. The van der Waals surface area contributed by atoms with Crippen molar-refractivity contribution in [3.05, 3.63) is 23.8 Å². The van der Waals surface area contributed by atoms with Crippen molar-refractivity contribution in [1.82, 2.24) is 19.8 Å². The molecule has 1 saturated carbocycles. The van der Waals surface area contributed by atoms with Gasteiger partial charge in [0.2, 0.25) is 0 Å². The first-order valence-corrected chi connectivity index (χ1v) is 9.21. The molecule has 1 aliphatic heterocycles. The molecule has 0 N–H and O–H groups in total. The third-order valence-corrected chi connectivity index (χ3v) is 5.00. The molecule has 3 rings (SSSR count). The number of carbonyl (C=O) groups is 1. The van der Waals surface area contributed by atoms with E-state index in [1.54, 1.807) is 4.90 Å². The van der Waals surface area contributed by atoms with Gasteiger partial charge >= 0.3 is 6.09 Å². The summed E-state index contributed by atoms with van der Waals surface area (Å²) in [6, 6.07) is 0. The Morgan fingerprint density at radius 2 is 1.79 bits per heavy atom. The van der Waals surface area contributed by atoms with E-state index in [2.05, 4.69) is 14.9 Å². The zero-order valence-electron chi connectivity index (χ0n) is 14.6. The van der Waals surface area contributed by atoms with Gasteiger partial charge in [0.25, 0.3) is 0 Å². The maximum absolute atomic E-state index is 11.7. The van der Waals surface area contributed by atoms with Gasteiger partial charge in [-0.05, 0) is 19.8 Å². The van der Waals surface area contributed by atoms with E-state index in [1.165, 1.54) is 32.1 Å². The highest BCUT2D eigenvalue weighted by Gasteiger charge is 2.22. The number of ether oxygens (including phenoxy) is 1. The highest BCUT2D eigenvalue weighted by atomic mass is 16.6. The lowest BCUT2D eigenvalue weighted by Gasteiger charge is -2.33. The molecular weight excluding hydrogens is 304 g/mol. The predicted octanol–water partition coefficient (Wildman–Crippen LogP) is 2.80. The average molecular weight is 332 g/mol. The summed E-state index contributed by atoms with van der Waals surface area (Å²) in [5.74, 6) is 1.58. The van der Waals surface area contributed by atoms with Crippen LogP contribution < -0.4 is 0 Å². The van der Waals surface area contributed by atoms with E-state index in [0.29, 0.717) is 12.5 Å². The molecule has 1 amide bonds. The van der Waals surface area contributed by atoms with Crippen LogP contribution in [0.25, 0.3) is 0 Å². The molecule has 1 saturated heterocycles. The molecule has 2 heterocycles. The topological polar surface area (TPSA) is 58.6 Å². The molecule has 2 aliphatic rings. The first-order valence-electron chi connectivity index (χ1n) is 9.21. The van der Waals surface area contributed by atoms with Crippen molar-refractivity contribution in [2.75, 3.05) is 32.8 Å². The summed E-state index contributed by atoms with van der Waals surface area (Å²) in [4.78, 5) is 25.1. The van der Waals surface area contributed by atoms with Gasteiger partial charge in [-0.15, -0.1) is 0 Å². The normalized spacial score (nSPS) is 20.1. The fourth-order valence-electron chi connectivity index (χ4n) is 3.58. The number of hydrogen-bond donors (Lipinski definition) is 0. The molecular formula is C18H28N4O2. The highest BCUT2D eigenvalue weighted by molar-refractivity contribution is 5.67. The van der Waals surface area contributed by atoms with Crippen molar-refractivity contribution >= 4 is 6.09 Å². The molecule has 0 radical (unpaired) electrons. The van der Waals surface area contributed by atoms with Gasteiger partial charge in [0.05, 0.1) is 6.61 Å². The van der Waals surface area contributed by atoms with Crippen LogP contribution in [0.1, 0.15) is 56.3 Å². The fraction of sp³-hybridized carbons (Fsp3) is 0.722. The number of hydrogen-bond acceptors (Lipinski definition) is 5. The number of amides is 1. The van der Waals surface area contributed by atoms with Gasteiger partial charge in [-0.1, -0.05) is 19.3 Å². The first-order chi connectivity index (χ1) is 11.8. The van der Waals surface area contributed by atoms with Crippen LogP contribution in [0.2, 0.25) is 0 Å². The molecule has 1 aliphatic carbocycles. The highest BCUT2D eigenvalue weighted by Crippen LogP contribution is 2.30. The van der Waals surface area contributed by atoms with Crippen molar-refractivity contribution in [3.8, 4) is 0 Å². The lowest BCUT2D eigenvalue weighted by Crippen LogP contribution is -2.48.